The molecule has 0 radical (unpaired) electrons. The first kappa shape index (κ1) is 13.9. The lowest BCUT2D eigenvalue weighted by Gasteiger charge is -2.08. The predicted octanol–water partition coefficient (Wildman–Crippen LogP) is 1.86. The highest BCUT2D eigenvalue weighted by atomic mass is 32.2. The third kappa shape index (κ3) is 3.29. The van der Waals surface area contributed by atoms with Gasteiger partial charge in [0.1, 0.15) is 5.82 Å². The summed E-state index contributed by atoms with van der Waals surface area (Å²) < 4.78 is 16.9. The topological polar surface area (TPSA) is 52.5 Å². The summed E-state index contributed by atoms with van der Waals surface area (Å²) in [5, 5.41) is 18.2. The van der Waals surface area contributed by atoms with Gasteiger partial charge in [-0.05, 0) is 29.2 Å². The molecule has 6 heteroatoms. The molecule has 0 fully saturated rings. The SMILES string of the molecule is CSNc1ccc(-c2cc(B(O)O)ccc2F)cc1. The van der Waals surface area contributed by atoms with E-state index in [9.17, 15) is 4.39 Å². The molecule has 0 atom stereocenters. The van der Waals surface area contributed by atoms with Gasteiger partial charge in [0.25, 0.3) is 0 Å². The van der Waals surface area contributed by atoms with Crippen LogP contribution in [0, 0.1) is 5.82 Å². The Balaban J connectivity index is 2.37. The van der Waals surface area contributed by atoms with Crippen LogP contribution in [0.15, 0.2) is 42.5 Å². The summed E-state index contributed by atoms with van der Waals surface area (Å²) in [6, 6.07) is 11.3. The standard InChI is InChI=1S/C13H13BFNO2S/c1-19-16-11-5-2-9(3-6-11)12-8-10(14(17)18)4-7-13(12)15/h2-8,16-18H,1H3. The molecule has 0 unspecified atom stereocenters. The summed E-state index contributed by atoms with van der Waals surface area (Å²) in [4.78, 5) is 0. The molecule has 0 aliphatic rings. The highest BCUT2D eigenvalue weighted by molar-refractivity contribution is 7.99. The summed E-state index contributed by atoms with van der Waals surface area (Å²) >= 11 is 1.48. The molecule has 19 heavy (non-hydrogen) atoms. The summed E-state index contributed by atoms with van der Waals surface area (Å²) in [6.45, 7) is 0. The van der Waals surface area contributed by atoms with Gasteiger partial charge in [-0.3, -0.25) is 0 Å². The molecule has 0 spiro atoms. The van der Waals surface area contributed by atoms with Gasteiger partial charge in [0.05, 0.1) is 0 Å². The van der Waals surface area contributed by atoms with Crippen LogP contribution in [-0.2, 0) is 0 Å². The van der Waals surface area contributed by atoms with Crippen molar-refractivity contribution in [2.75, 3.05) is 11.0 Å². The van der Waals surface area contributed by atoms with Crippen LogP contribution >= 0.6 is 11.9 Å². The Hall–Kier alpha value is -1.50. The highest BCUT2D eigenvalue weighted by Crippen LogP contribution is 2.24. The molecule has 3 N–H and O–H groups in total. The van der Waals surface area contributed by atoms with Gasteiger partial charge in [0.2, 0.25) is 0 Å². The number of anilines is 1. The minimum Gasteiger partial charge on any atom is -0.423 e. The van der Waals surface area contributed by atoms with Crippen molar-refractivity contribution < 1.29 is 14.4 Å². The second kappa shape index (κ2) is 6.10. The molecule has 0 saturated heterocycles. The molecular formula is C13H13BFNO2S. The first-order valence-electron chi connectivity index (χ1n) is 5.67. The van der Waals surface area contributed by atoms with Crippen LogP contribution in [0.4, 0.5) is 10.1 Å². The van der Waals surface area contributed by atoms with E-state index in [1.807, 2.05) is 18.4 Å². The molecule has 2 aromatic carbocycles. The molecule has 0 bridgehead atoms. The first-order valence-corrected chi connectivity index (χ1v) is 6.89. The van der Waals surface area contributed by atoms with Gasteiger partial charge >= 0.3 is 7.12 Å². The minimum absolute atomic E-state index is 0.266. The van der Waals surface area contributed by atoms with Crippen LogP contribution in [0.3, 0.4) is 0 Å². The Morgan fingerprint density at radius 3 is 2.37 bits per heavy atom. The zero-order valence-electron chi connectivity index (χ0n) is 10.3. The second-order valence-corrected chi connectivity index (χ2v) is 4.61. The van der Waals surface area contributed by atoms with Crippen molar-refractivity contribution in [1.29, 1.82) is 0 Å². The highest BCUT2D eigenvalue weighted by Gasteiger charge is 2.14. The first-order chi connectivity index (χ1) is 9.11. The Bertz CT molecular complexity index is 563. The number of halogens is 1. The largest absolute Gasteiger partial charge is 0.488 e. The van der Waals surface area contributed by atoms with E-state index in [-0.39, 0.29) is 5.46 Å². The van der Waals surface area contributed by atoms with E-state index in [4.69, 9.17) is 10.0 Å². The molecule has 2 aromatic rings. The lowest BCUT2D eigenvalue weighted by atomic mass is 9.79. The van der Waals surface area contributed by atoms with Gasteiger partial charge in [0.15, 0.2) is 0 Å². The van der Waals surface area contributed by atoms with E-state index in [0.717, 1.165) is 5.69 Å². The maximum absolute atomic E-state index is 13.8. The van der Waals surface area contributed by atoms with Gasteiger partial charge in [-0.2, -0.15) is 0 Å². The molecule has 0 heterocycles. The third-order valence-electron chi connectivity index (χ3n) is 2.70. The molecule has 0 saturated carbocycles. The van der Waals surface area contributed by atoms with Crippen molar-refractivity contribution in [3.05, 3.63) is 48.3 Å². The second-order valence-electron chi connectivity index (χ2n) is 4.00. The Kier molecular flexibility index (Phi) is 4.47. The Labute approximate surface area is 115 Å². The van der Waals surface area contributed by atoms with Gasteiger partial charge in [-0.1, -0.05) is 36.2 Å². The Morgan fingerprint density at radius 2 is 1.79 bits per heavy atom. The molecule has 3 nitrogen and oxygen atoms in total. The fourth-order valence-electron chi connectivity index (χ4n) is 1.76. The van der Waals surface area contributed by atoms with Crippen molar-refractivity contribution in [2.24, 2.45) is 0 Å². The van der Waals surface area contributed by atoms with E-state index in [1.54, 1.807) is 12.1 Å². The fraction of sp³-hybridized carbons (Fsp3) is 0.0769. The normalized spacial score (nSPS) is 10.3. The van der Waals surface area contributed by atoms with Crippen molar-refractivity contribution in [2.45, 2.75) is 0 Å². The molecule has 0 aromatic heterocycles. The van der Waals surface area contributed by atoms with Crippen LogP contribution in [0.1, 0.15) is 0 Å². The van der Waals surface area contributed by atoms with Crippen molar-refractivity contribution in [1.82, 2.24) is 0 Å². The monoisotopic (exact) mass is 277 g/mol. The van der Waals surface area contributed by atoms with Crippen molar-refractivity contribution in [3.8, 4) is 11.1 Å². The maximum atomic E-state index is 13.8. The zero-order valence-corrected chi connectivity index (χ0v) is 11.1. The van der Waals surface area contributed by atoms with Crippen molar-refractivity contribution in [3.63, 3.8) is 0 Å². The molecular weight excluding hydrogens is 264 g/mol. The molecule has 98 valence electrons. The molecule has 0 amide bonds. The van der Waals surface area contributed by atoms with E-state index >= 15 is 0 Å². The number of hydrogen-bond donors (Lipinski definition) is 3. The van der Waals surface area contributed by atoms with E-state index in [1.165, 1.54) is 30.1 Å². The van der Waals surface area contributed by atoms with E-state index in [0.29, 0.717) is 11.1 Å². The third-order valence-corrected chi connectivity index (χ3v) is 3.14. The van der Waals surface area contributed by atoms with Gasteiger partial charge in [-0.15, -0.1) is 0 Å². The quantitative estimate of drug-likeness (QED) is 0.590. The number of hydrogen-bond acceptors (Lipinski definition) is 4. The summed E-state index contributed by atoms with van der Waals surface area (Å²) in [6.07, 6.45) is 1.92. The van der Waals surface area contributed by atoms with Crippen LogP contribution in [0.25, 0.3) is 11.1 Å². The molecule has 2 rings (SSSR count). The van der Waals surface area contributed by atoms with E-state index in [2.05, 4.69) is 4.72 Å². The van der Waals surface area contributed by atoms with E-state index < -0.39 is 12.9 Å². The van der Waals surface area contributed by atoms with Crippen LogP contribution in [0.5, 0.6) is 0 Å². The number of nitrogens with one attached hydrogen (secondary N) is 1. The maximum Gasteiger partial charge on any atom is 0.488 e. The summed E-state index contributed by atoms with van der Waals surface area (Å²) in [5.41, 5.74) is 2.23. The summed E-state index contributed by atoms with van der Waals surface area (Å²) in [7, 11) is -1.60. The number of rotatable bonds is 4. The minimum atomic E-state index is -1.60. The molecule has 0 aliphatic carbocycles. The van der Waals surface area contributed by atoms with Gasteiger partial charge in [0, 0.05) is 17.5 Å². The average Bonchev–Trinajstić information content (AvgIpc) is 2.40. The molecule has 0 aliphatic heterocycles. The Morgan fingerprint density at radius 1 is 1.11 bits per heavy atom. The van der Waals surface area contributed by atoms with Gasteiger partial charge in [-0.25, -0.2) is 4.39 Å². The lowest BCUT2D eigenvalue weighted by Crippen LogP contribution is -2.29. The van der Waals surface area contributed by atoms with Crippen LogP contribution in [-0.4, -0.2) is 23.4 Å². The lowest BCUT2D eigenvalue weighted by molar-refractivity contribution is 0.425. The summed E-state index contributed by atoms with van der Waals surface area (Å²) in [5.74, 6) is -0.394. The fourth-order valence-corrected chi connectivity index (χ4v) is 2.13. The van der Waals surface area contributed by atoms with Crippen molar-refractivity contribution >= 4 is 30.2 Å². The van der Waals surface area contributed by atoms with Gasteiger partial charge < -0.3 is 14.8 Å². The zero-order chi connectivity index (χ0) is 13.8. The number of benzene rings is 2. The van der Waals surface area contributed by atoms with Crippen LogP contribution < -0.4 is 10.2 Å². The smallest absolute Gasteiger partial charge is 0.423 e. The van der Waals surface area contributed by atoms with Crippen LogP contribution in [0.2, 0.25) is 0 Å². The predicted molar refractivity (Wildman–Crippen MR) is 78.8 cm³/mol. The average molecular weight is 277 g/mol.